The van der Waals surface area contributed by atoms with Gasteiger partial charge in [0, 0.05) is 17.1 Å². The fourth-order valence-electron chi connectivity index (χ4n) is 1.86. The van der Waals surface area contributed by atoms with E-state index < -0.39 is 6.03 Å². The summed E-state index contributed by atoms with van der Waals surface area (Å²) in [6, 6.07) is 10.9. The van der Waals surface area contributed by atoms with E-state index in [9.17, 15) is 4.79 Å². The first-order valence-electron chi connectivity index (χ1n) is 5.45. The number of carbonyl (C=O) groups is 1. The highest BCUT2D eigenvalue weighted by molar-refractivity contribution is 5.90. The predicted molar refractivity (Wildman–Crippen MR) is 67.9 cm³/mol. The number of nitrogens with two attached hydrogens (primary N) is 1. The van der Waals surface area contributed by atoms with Crippen LogP contribution >= 0.6 is 0 Å². The number of aromatic nitrogens is 3. The summed E-state index contributed by atoms with van der Waals surface area (Å²) in [5.41, 5.74) is 7.68. The van der Waals surface area contributed by atoms with E-state index in [4.69, 9.17) is 5.73 Å². The monoisotopic (exact) mass is 238 g/mol. The first-order valence-corrected chi connectivity index (χ1v) is 5.45. The van der Waals surface area contributed by atoms with Gasteiger partial charge >= 0.3 is 6.03 Å². The van der Waals surface area contributed by atoms with E-state index in [0.717, 1.165) is 16.6 Å². The van der Waals surface area contributed by atoms with E-state index in [-0.39, 0.29) is 0 Å². The van der Waals surface area contributed by atoms with Crippen molar-refractivity contribution < 1.29 is 4.79 Å². The van der Waals surface area contributed by atoms with Gasteiger partial charge in [-0.05, 0) is 6.07 Å². The Morgan fingerprint density at radius 3 is 2.67 bits per heavy atom. The van der Waals surface area contributed by atoms with Gasteiger partial charge in [-0.3, -0.25) is 4.98 Å². The maximum atomic E-state index is 11.2. The van der Waals surface area contributed by atoms with Crippen molar-refractivity contribution in [1.29, 1.82) is 0 Å². The number of hydrogen-bond acceptors (Lipinski definition) is 3. The first kappa shape index (κ1) is 10.5. The predicted octanol–water partition coefficient (Wildman–Crippen LogP) is 2.03. The molecule has 2 N–H and O–H groups in total. The van der Waals surface area contributed by atoms with Gasteiger partial charge in [0.1, 0.15) is 0 Å². The zero-order chi connectivity index (χ0) is 12.5. The lowest BCUT2D eigenvalue weighted by atomic mass is 10.1. The third kappa shape index (κ3) is 1.62. The first-order chi connectivity index (χ1) is 8.75. The van der Waals surface area contributed by atoms with Gasteiger partial charge in [-0.15, -0.1) is 0 Å². The number of primary amides is 1. The minimum atomic E-state index is -0.602. The maximum absolute atomic E-state index is 11.2. The molecule has 0 atom stereocenters. The van der Waals surface area contributed by atoms with Crippen LogP contribution in [0.25, 0.3) is 22.2 Å². The minimum absolute atomic E-state index is 0.602. The molecule has 0 saturated carbocycles. The van der Waals surface area contributed by atoms with Gasteiger partial charge < -0.3 is 5.73 Å². The average Bonchev–Trinajstić information content (AvgIpc) is 2.82. The zero-order valence-corrected chi connectivity index (χ0v) is 9.45. The number of fused-ring (bicyclic) bond motifs is 1. The highest BCUT2D eigenvalue weighted by atomic mass is 16.2. The Balaban J connectivity index is 2.21. The van der Waals surface area contributed by atoms with Crippen LogP contribution in [0.5, 0.6) is 0 Å². The SMILES string of the molecule is NC(=O)n1ncc2cnc(-c3ccccc3)cc21. The van der Waals surface area contributed by atoms with E-state index in [2.05, 4.69) is 10.1 Å². The largest absolute Gasteiger partial charge is 0.350 e. The summed E-state index contributed by atoms with van der Waals surface area (Å²) in [4.78, 5) is 15.6. The molecular weight excluding hydrogens is 228 g/mol. The van der Waals surface area contributed by atoms with Crippen LogP contribution in [-0.4, -0.2) is 20.8 Å². The second-order valence-electron chi connectivity index (χ2n) is 3.89. The Morgan fingerprint density at radius 2 is 1.94 bits per heavy atom. The molecule has 3 aromatic rings. The highest BCUT2D eigenvalue weighted by Gasteiger charge is 2.09. The van der Waals surface area contributed by atoms with Gasteiger partial charge in [0.05, 0.1) is 17.4 Å². The lowest BCUT2D eigenvalue weighted by Crippen LogP contribution is -2.20. The van der Waals surface area contributed by atoms with Crippen LogP contribution in [0.3, 0.4) is 0 Å². The van der Waals surface area contributed by atoms with E-state index in [1.807, 2.05) is 36.4 Å². The van der Waals surface area contributed by atoms with Crippen LogP contribution in [0.15, 0.2) is 48.8 Å². The molecule has 0 aliphatic rings. The zero-order valence-electron chi connectivity index (χ0n) is 9.45. The van der Waals surface area contributed by atoms with E-state index in [1.165, 1.54) is 4.68 Å². The fourth-order valence-corrected chi connectivity index (χ4v) is 1.86. The normalized spacial score (nSPS) is 10.7. The summed E-state index contributed by atoms with van der Waals surface area (Å²) in [5, 5.41) is 4.72. The lowest BCUT2D eigenvalue weighted by Gasteiger charge is -2.01. The van der Waals surface area contributed by atoms with Gasteiger partial charge in [-0.1, -0.05) is 30.3 Å². The Kier molecular flexibility index (Phi) is 2.30. The molecule has 5 nitrogen and oxygen atoms in total. The summed E-state index contributed by atoms with van der Waals surface area (Å²) in [6.45, 7) is 0. The molecule has 0 saturated heterocycles. The van der Waals surface area contributed by atoms with E-state index >= 15 is 0 Å². The van der Waals surface area contributed by atoms with Crippen molar-refractivity contribution in [3.8, 4) is 11.3 Å². The van der Waals surface area contributed by atoms with Crippen molar-refractivity contribution in [1.82, 2.24) is 14.8 Å². The third-order valence-corrected chi connectivity index (χ3v) is 2.73. The van der Waals surface area contributed by atoms with E-state index in [0.29, 0.717) is 5.52 Å². The molecule has 3 rings (SSSR count). The van der Waals surface area contributed by atoms with Crippen molar-refractivity contribution in [2.75, 3.05) is 0 Å². The third-order valence-electron chi connectivity index (χ3n) is 2.73. The van der Waals surface area contributed by atoms with Gasteiger partial charge in [-0.2, -0.15) is 9.78 Å². The number of carbonyl (C=O) groups excluding carboxylic acids is 1. The summed E-state index contributed by atoms with van der Waals surface area (Å²) < 4.78 is 1.17. The smallest absolute Gasteiger partial charge is 0.340 e. The fraction of sp³-hybridized carbons (Fsp3) is 0. The van der Waals surface area contributed by atoms with Crippen LogP contribution in [0.4, 0.5) is 4.79 Å². The molecule has 5 heteroatoms. The number of pyridine rings is 1. The minimum Gasteiger partial charge on any atom is -0.350 e. The van der Waals surface area contributed by atoms with Crippen molar-refractivity contribution in [3.05, 3.63) is 48.8 Å². The Morgan fingerprint density at radius 1 is 1.17 bits per heavy atom. The summed E-state index contributed by atoms with van der Waals surface area (Å²) >= 11 is 0. The molecule has 1 amide bonds. The molecule has 0 bridgehead atoms. The molecule has 2 heterocycles. The molecule has 18 heavy (non-hydrogen) atoms. The topological polar surface area (TPSA) is 73.8 Å². The second-order valence-corrected chi connectivity index (χ2v) is 3.89. The number of nitrogens with zero attached hydrogens (tertiary/aromatic N) is 3. The molecule has 0 spiro atoms. The molecule has 88 valence electrons. The lowest BCUT2D eigenvalue weighted by molar-refractivity contribution is 0.248. The molecule has 0 radical (unpaired) electrons. The van der Waals surface area contributed by atoms with Crippen LogP contribution in [-0.2, 0) is 0 Å². The highest BCUT2D eigenvalue weighted by Crippen LogP contribution is 2.21. The standard InChI is InChI=1S/C13H10N4O/c14-13(18)17-12-6-11(9-4-2-1-3-5-9)15-7-10(12)8-16-17/h1-8H,(H2,14,18). The maximum Gasteiger partial charge on any atom is 0.340 e. The molecule has 0 unspecified atom stereocenters. The quantitative estimate of drug-likeness (QED) is 0.704. The van der Waals surface area contributed by atoms with Crippen molar-refractivity contribution in [2.24, 2.45) is 5.73 Å². The summed E-state index contributed by atoms with van der Waals surface area (Å²) in [5.74, 6) is 0. The van der Waals surface area contributed by atoms with E-state index in [1.54, 1.807) is 12.4 Å². The molecule has 0 aliphatic carbocycles. The Labute approximate surface area is 103 Å². The molecule has 0 aliphatic heterocycles. The Hall–Kier alpha value is -2.69. The van der Waals surface area contributed by atoms with Gasteiger partial charge in [0.25, 0.3) is 0 Å². The van der Waals surface area contributed by atoms with Crippen LogP contribution < -0.4 is 5.73 Å². The number of hydrogen-bond donors (Lipinski definition) is 1. The second kappa shape index (κ2) is 3.96. The number of amides is 1. The Bertz CT molecular complexity index is 718. The summed E-state index contributed by atoms with van der Waals surface area (Å²) in [7, 11) is 0. The van der Waals surface area contributed by atoms with Gasteiger partial charge in [0.15, 0.2) is 0 Å². The molecular formula is C13H10N4O. The van der Waals surface area contributed by atoms with Crippen molar-refractivity contribution in [3.63, 3.8) is 0 Å². The van der Waals surface area contributed by atoms with Gasteiger partial charge in [-0.25, -0.2) is 4.79 Å². The number of rotatable bonds is 1. The molecule has 2 aromatic heterocycles. The van der Waals surface area contributed by atoms with Gasteiger partial charge in [0.2, 0.25) is 0 Å². The van der Waals surface area contributed by atoms with Crippen LogP contribution in [0, 0.1) is 0 Å². The summed E-state index contributed by atoms with van der Waals surface area (Å²) in [6.07, 6.45) is 3.26. The van der Waals surface area contributed by atoms with Crippen molar-refractivity contribution in [2.45, 2.75) is 0 Å². The average molecular weight is 238 g/mol. The molecule has 1 aromatic carbocycles. The van der Waals surface area contributed by atoms with Crippen LogP contribution in [0.1, 0.15) is 0 Å². The molecule has 0 fully saturated rings. The van der Waals surface area contributed by atoms with Crippen molar-refractivity contribution >= 4 is 16.9 Å². The van der Waals surface area contributed by atoms with Crippen LogP contribution in [0.2, 0.25) is 0 Å². The number of benzene rings is 1.